The van der Waals surface area contributed by atoms with Crippen LogP contribution in [-0.2, 0) is 0 Å². The summed E-state index contributed by atoms with van der Waals surface area (Å²) < 4.78 is 1.85. The highest BCUT2D eigenvalue weighted by molar-refractivity contribution is 5.21. The molecular weight excluding hydrogens is 150 g/mol. The van der Waals surface area contributed by atoms with E-state index in [1.165, 1.54) is 0 Å². The lowest BCUT2D eigenvalue weighted by Crippen LogP contribution is -2.04. The van der Waals surface area contributed by atoms with E-state index in [9.17, 15) is 0 Å². The monoisotopic (exact) mass is 163 g/mol. The van der Waals surface area contributed by atoms with E-state index in [2.05, 4.69) is 25.0 Å². The number of aromatic nitrogens is 2. The van der Waals surface area contributed by atoms with Gasteiger partial charge in [-0.3, -0.25) is 4.68 Å². The van der Waals surface area contributed by atoms with Crippen LogP contribution in [0.15, 0.2) is 12.4 Å². The van der Waals surface area contributed by atoms with Crippen molar-refractivity contribution in [2.75, 3.05) is 0 Å². The minimum Gasteiger partial charge on any atom is -0.269 e. The van der Waals surface area contributed by atoms with Crippen LogP contribution in [-0.4, -0.2) is 9.78 Å². The zero-order valence-electron chi connectivity index (χ0n) is 7.49. The summed E-state index contributed by atoms with van der Waals surface area (Å²) in [4.78, 5) is 0. The summed E-state index contributed by atoms with van der Waals surface area (Å²) >= 11 is 0. The van der Waals surface area contributed by atoms with E-state index >= 15 is 0 Å². The van der Waals surface area contributed by atoms with Gasteiger partial charge in [0.05, 0.1) is 11.8 Å². The number of hydrogen-bond acceptors (Lipinski definition) is 2. The summed E-state index contributed by atoms with van der Waals surface area (Å²) in [5.74, 6) is 0. The van der Waals surface area contributed by atoms with Gasteiger partial charge >= 0.3 is 0 Å². The maximum Gasteiger partial charge on any atom is 0.102 e. The Balaban J connectivity index is 2.69. The van der Waals surface area contributed by atoms with Crippen molar-refractivity contribution >= 4 is 0 Å². The smallest absolute Gasteiger partial charge is 0.102 e. The second-order valence-electron chi connectivity index (χ2n) is 2.96. The molecule has 3 heteroatoms. The summed E-state index contributed by atoms with van der Waals surface area (Å²) in [5.41, 5.74) is 0.637. The minimum atomic E-state index is 0.400. The van der Waals surface area contributed by atoms with Gasteiger partial charge in [0.1, 0.15) is 6.07 Å². The minimum absolute atomic E-state index is 0.400. The van der Waals surface area contributed by atoms with Gasteiger partial charge in [0.15, 0.2) is 0 Å². The highest BCUT2D eigenvalue weighted by Gasteiger charge is 2.04. The second-order valence-corrected chi connectivity index (χ2v) is 2.96. The van der Waals surface area contributed by atoms with E-state index in [1.807, 2.05) is 4.68 Å². The standard InChI is InChI=1S/C9H13N3/c1-3-4-8(2)12-7-9(5-10)6-11-12/h6-8H,3-4H2,1-2H3. The summed E-state index contributed by atoms with van der Waals surface area (Å²) in [6, 6.07) is 2.46. The maximum atomic E-state index is 8.56. The van der Waals surface area contributed by atoms with Crippen molar-refractivity contribution in [3.8, 4) is 6.07 Å². The van der Waals surface area contributed by atoms with E-state index in [0.717, 1.165) is 12.8 Å². The van der Waals surface area contributed by atoms with Crippen molar-refractivity contribution in [2.45, 2.75) is 32.7 Å². The van der Waals surface area contributed by atoms with E-state index in [-0.39, 0.29) is 0 Å². The largest absolute Gasteiger partial charge is 0.269 e. The molecule has 1 rings (SSSR count). The van der Waals surface area contributed by atoms with Crippen LogP contribution in [0.4, 0.5) is 0 Å². The fourth-order valence-electron chi connectivity index (χ4n) is 1.19. The van der Waals surface area contributed by atoms with Crippen LogP contribution in [0.1, 0.15) is 38.3 Å². The topological polar surface area (TPSA) is 41.6 Å². The first-order chi connectivity index (χ1) is 5.77. The van der Waals surface area contributed by atoms with Crippen LogP contribution in [0.5, 0.6) is 0 Å². The molecule has 1 atom stereocenters. The third-order valence-corrected chi connectivity index (χ3v) is 1.89. The van der Waals surface area contributed by atoms with Gasteiger partial charge in [-0.2, -0.15) is 10.4 Å². The summed E-state index contributed by atoms with van der Waals surface area (Å²) in [5, 5.41) is 12.7. The highest BCUT2D eigenvalue weighted by Crippen LogP contribution is 2.11. The van der Waals surface area contributed by atoms with Crippen molar-refractivity contribution in [2.24, 2.45) is 0 Å². The van der Waals surface area contributed by atoms with Crippen LogP contribution in [0.3, 0.4) is 0 Å². The van der Waals surface area contributed by atoms with Crippen LogP contribution in [0.2, 0.25) is 0 Å². The Morgan fingerprint density at radius 2 is 2.50 bits per heavy atom. The molecule has 0 aliphatic heterocycles. The normalized spacial score (nSPS) is 12.4. The molecule has 0 amide bonds. The molecule has 1 aromatic heterocycles. The van der Waals surface area contributed by atoms with Gasteiger partial charge in [-0.1, -0.05) is 13.3 Å². The Morgan fingerprint density at radius 1 is 1.75 bits per heavy atom. The van der Waals surface area contributed by atoms with E-state index in [1.54, 1.807) is 12.4 Å². The van der Waals surface area contributed by atoms with E-state index in [4.69, 9.17) is 5.26 Å². The Hall–Kier alpha value is -1.30. The number of hydrogen-bond donors (Lipinski definition) is 0. The van der Waals surface area contributed by atoms with Gasteiger partial charge in [-0.05, 0) is 13.3 Å². The lowest BCUT2D eigenvalue weighted by Gasteiger charge is -2.09. The first-order valence-electron chi connectivity index (χ1n) is 4.22. The molecule has 0 spiro atoms. The van der Waals surface area contributed by atoms with Crippen LogP contribution in [0.25, 0.3) is 0 Å². The predicted octanol–water partition coefficient (Wildman–Crippen LogP) is 2.12. The quantitative estimate of drug-likeness (QED) is 0.684. The Kier molecular flexibility index (Phi) is 2.87. The van der Waals surface area contributed by atoms with Gasteiger partial charge in [-0.15, -0.1) is 0 Å². The average molecular weight is 163 g/mol. The Labute approximate surface area is 72.6 Å². The molecule has 0 saturated carbocycles. The molecule has 64 valence electrons. The zero-order valence-corrected chi connectivity index (χ0v) is 7.49. The lowest BCUT2D eigenvalue weighted by molar-refractivity contribution is 0.455. The van der Waals surface area contributed by atoms with Crippen LogP contribution < -0.4 is 0 Å². The van der Waals surface area contributed by atoms with Crippen molar-refractivity contribution in [3.05, 3.63) is 18.0 Å². The lowest BCUT2D eigenvalue weighted by atomic mass is 10.2. The SMILES string of the molecule is CCCC(C)n1cc(C#N)cn1. The molecule has 1 unspecified atom stereocenters. The highest BCUT2D eigenvalue weighted by atomic mass is 15.3. The molecule has 3 nitrogen and oxygen atoms in total. The zero-order chi connectivity index (χ0) is 8.97. The fraction of sp³-hybridized carbons (Fsp3) is 0.556. The first kappa shape index (κ1) is 8.79. The molecule has 0 N–H and O–H groups in total. The first-order valence-corrected chi connectivity index (χ1v) is 4.22. The van der Waals surface area contributed by atoms with Crippen LogP contribution in [0, 0.1) is 11.3 Å². The molecular formula is C9H13N3. The predicted molar refractivity (Wildman–Crippen MR) is 46.6 cm³/mol. The summed E-state index contributed by atoms with van der Waals surface area (Å²) in [6.45, 7) is 4.25. The summed E-state index contributed by atoms with van der Waals surface area (Å²) in [6.07, 6.45) is 5.64. The molecule has 1 aromatic rings. The second kappa shape index (κ2) is 3.91. The summed E-state index contributed by atoms with van der Waals surface area (Å²) in [7, 11) is 0. The molecule has 12 heavy (non-hydrogen) atoms. The van der Waals surface area contributed by atoms with Gasteiger partial charge < -0.3 is 0 Å². The van der Waals surface area contributed by atoms with Crippen LogP contribution >= 0.6 is 0 Å². The Morgan fingerprint density at radius 3 is 3.00 bits per heavy atom. The van der Waals surface area contributed by atoms with E-state index in [0.29, 0.717) is 11.6 Å². The molecule has 0 saturated heterocycles. The Bertz CT molecular complexity index is 282. The number of nitrogens with zero attached hydrogens (tertiary/aromatic N) is 3. The number of rotatable bonds is 3. The number of nitriles is 1. The molecule has 0 radical (unpaired) electrons. The van der Waals surface area contributed by atoms with Crippen molar-refractivity contribution < 1.29 is 0 Å². The third-order valence-electron chi connectivity index (χ3n) is 1.89. The van der Waals surface area contributed by atoms with Crippen molar-refractivity contribution in [3.63, 3.8) is 0 Å². The molecule has 0 aromatic carbocycles. The van der Waals surface area contributed by atoms with Gasteiger partial charge in [0.2, 0.25) is 0 Å². The van der Waals surface area contributed by atoms with Gasteiger partial charge in [-0.25, -0.2) is 0 Å². The van der Waals surface area contributed by atoms with Crippen molar-refractivity contribution in [1.29, 1.82) is 5.26 Å². The molecule has 0 fully saturated rings. The average Bonchev–Trinajstić information content (AvgIpc) is 2.52. The molecule has 0 aliphatic rings. The maximum absolute atomic E-state index is 8.56. The fourth-order valence-corrected chi connectivity index (χ4v) is 1.19. The van der Waals surface area contributed by atoms with Gasteiger partial charge in [0.25, 0.3) is 0 Å². The molecule has 0 aliphatic carbocycles. The van der Waals surface area contributed by atoms with Crippen molar-refractivity contribution in [1.82, 2.24) is 9.78 Å². The van der Waals surface area contributed by atoms with Gasteiger partial charge in [0, 0.05) is 12.2 Å². The van der Waals surface area contributed by atoms with E-state index < -0.39 is 0 Å². The third kappa shape index (κ3) is 1.85. The molecule has 0 bridgehead atoms. The molecule has 1 heterocycles.